The molecule has 0 aromatic heterocycles. The number of fused-ring (bicyclic) bond motifs is 2. The normalized spacial score (nSPS) is 38.8. The first-order valence-electron chi connectivity index (χ1n) is 7.20. The molecule has 2 aliphatic carbocycles. The van der Waals surface area contributed by atoms with Gasteiger partial charge >= 0.3 is 0 Å². The molecule has 2 saturated carbocycles. The topological polar surface area (TPSA) is 20.2 Å². The maximum atomic E-state index is 11.1. The predicted octanol–water partition coefficient (Wildman–Crippen LogP) is 3.62. The highest BCUT2D eigenvalue weighted by Crippen LogP contribution is 2.69. The maximum Gasteiger partial charge on any atom is 0.131 e. The van der Waals surface area contributed by atoms with Gasteiger partial charge in [0, 0.05) is 11.0 Å². The highest BCUT2D eigenvalue weighted by Gasteiger charge is 2.68. The fraction of sp³-hybridized carbons (Fsp3) is 0.556. The lowest BCUT2D eigenvalue weighted by Gasteiger charge is -2.42. The average Bonchev–Trinajstić information content (AvgIpc) is 2.70. The molecule has 1 aromatic rings. The summed E-state index contributed by atoms with van der Waals surface area (Å²) in [5.41, 5.74) is 0.273. The first-order chi connectivity index (χ1) is 8.89. The van der Waals surface area contributed by atoms with E-state index >= 15 is 0 Å². The molecule has 0 unspecified atom stereocenters. The Morgan fingerprint density at radius 3 is 2.37 bits per heavy atom. The van der Waals surface area contributed by atoms with Gasteiger partial charge in [0.2, 0.25) is 0 Å². The SMILES string of the molecule is CC1(C)[C@@H]2CC[C@@]1(C)[C@](O)(C#Cc1ccccc1)C2. The van der Waals surface area contributed by atoms with Crippen molar-refractivity contribution < 1.29 is 5.11 Å². The molecule has 2 bridgehead atoms. The summed E-state index contributed by atoms with van der Waals surface area (Å²) in [6, 6.07) is 9.96. The molecule has 1 heteroatoms. The summed E-state index contributed by atoms with van der Waals surface area (Å²) in [5, 5.41) is 11.1. The standard InChI is InChI=1S/C18H22O/c1-16(2)15-10-11-17(16,3)18(19,13-15)12-9-14-7-5-4-6-8-14/h4-8,15,19H,10-11,13H2,1-3H3/t15-,17-,18+/m1/s1. The largest absolute Gasteiger partial charge is 0.377 e. The summed E-state index contributed by atoms with van der Waals surface area (Å²) in [5.74, 6) is 6.99. The van der Waals surface area contributed by atoms with E-state index in [1.165, 1.54) is 6.42 Å². The number of rotatable bonds is 0. The molecule has 0 heterocycles. The zero-order chi connectivity index (χ0) is 13.7. The lowest BCUT2D eigenvalue weighted by Crippen LogP contribution is -2.46. The van der Waals surface area contributed by atoms with E-state index in [4.69, 9.17) is 0 Å². The zero-order valence-corrected chi connectivity index (χ0v) is 12.0. The lowest BCUT2D eigenvalue weighted by molar-refractivity contribution is -0.0432. The minimum absolute atomic E-state index is 0.0769. The lowest BCUT2D eigenvalue weighted by atomic mass is 9.64. The van der Waals surface area contributed by atoms with Crippen molar-refractivity contribution in [3.05, 3.63) is 35.9 Å². The minimum atomic E-state index is -0.824. The molecule has 0 aliphatic heterocycles. The third-order valence-electron chi connectivity index (χ3n) is 6.08. The third kappa shape index (κ3) is 1.60. The Morgan fingerprint density at radius 1 is 1.16 bits per heavy atom. The minimum Gasteiger partial charge on any atom is -0.377 e. The van der Waals surface area contributed by atoms with Crippen LogP contribution in [0.3, 0.4) is 0 Å². The van der Waals surface area contributed by atoms with Crippen LogP contribution in [-0.2, 0) is 0 Å². The van der Waals surface area contributed by atoms with Gasteiger partial charge < -0.3 is 5.11 Å². The van der Waals surface area contributed by atoms with E-state index in [1.54, 1.807) is 0 Å². The van der Waals surface area contributed by atoms with Gasteiger partial charge in [0.05, 0.1) is 0 Å². The van der Waals surface area contributed by atoms with Gasteiger partial charge in [-0.05, 0) is 42.7 Å². The van der Waals surface area contributed by atoms with Crippen LogP contribution in [0.4, 0.5) is 0 Å². The highest BCUT2D eigenvalue weighted by molar-refractivity contribution is 5.39. The first kappa shape index (κ1) is 12.8. The molecule has 0 spiro atoms. The van der Waals surface area contributed by atoms with Gasteiger partial charge in [-0.2, -0.15) is 0 Å². The van der Waals surface area contributed by atoms with Crippen LogP contribution >= 0.6 is 0 Å². The van der Waals surface area contributed by atoms with E-state index in [0.29, 0.717) is 5.92 Å². The van der Waals surface area contributed by atoms with Crippen LogP contribution in [0.25, 0.3) is 0 Å². The van der Waals surface area contributed by atoms with E-state index in [1.807, 2.05) is 30.3 Å². The highest BCUT2D eigenvalue weighted by atomic mass is 16.3. The summed E-state index contributed by atoms with van der Waals surface area (Å²) >= 11 is 0. The van der Waals surface area contributed by atoms with Crippen molar-refractivity contribution in [3.63, 3.8) is 0 Å². The van der Waals surface area contributed by atoms with Gasteiger partial charge in [0.15, 0.2) is 0 Å². The van der Waals surface area contributed by atoms with E-state index in [-0.39, 0.29) is 10.8 Å². The predicted molar refractivity (Wildman–Crippen MR) is 77.5 cm³/mol. The smallest absolute Gasteiger partial charge is 0.131 e. The molecule has 1 N–H and O–H groups in total. The Balaban J connectivity index is 1.97. The van der Waals surface area contributed by atoms with Crippen LogP contribution in [0.5, 0.6) is 0 Å². The van der Waals surface area contributed by atoms with Gasteiger partial charge in [-0.3, -0.25) is 0 Å². The molecule has 0 radical (unpaired) electrons. The summed E-state index contributed by atoms with van der Waals surface area (Å²) < 4.78 is 0. The molecular weight excluding hydrogens is 232 g/mol. The second-order valence-corrected chi connectivity index (χ2v) is 6.97. The van der Waals surface area contributed by atoms with Crippen molar-refractivity contribution in [2.45, 2.75) is 45.6 Å². The fourth-order valence-electron chi connectivity index (χ4n) is 4.16. The Morgan fingerprint density at radius 2 is 1.84 bits per heavy atom. The molecule has 2 fully saturated rings. The van der Waals surface area contributed by atoms with Gasteiger partial charge in [-0.15, -0.1) is 0 Å². The summed E-state index contributed by atoms with van der Waals surface area (Å²) in [4.78, 5) is 0. The number of hydrogen-bond acceptors (Lipinski definition) is 1. The van der Waals surface area contributed by atoms with E-state index in [9.17, 15) is 5.11 Å². The molecule has 3 atom stereocenters. The van der Waals surface area contributed by atoms with Crippen molar-refractivity contribution in [2.75, 3.05) is 0 Å². The first-order valence-corrected chi connectivity index (χ1v) is 7.20. The van der Waals surface area contributed by atoms with Crippen LogP contribution in [0.2, 0.25) is 0 Å². The van der Waals surface area contributed by atoms with Crippen LogP contribution in [0, 0.1) is 28.6 Å². The van der Waals surface area contributed by atoms with Crippen molar-refractivity contribution in [1.82, 2.24) is 0 Å². The maximum absolute atomic E-state index is 11.1. The van der Waals surface area contributed by atoms with Crippen molar-refractivity contribution >= 4 is 0 Å². The Bertz CT molecular complexity index is 548. The van der Waals surface area contributed by atoms with Gasteiger partial charge in [0.1, 0.15) is 5.60 Å². The second kappa shape index (κ2) is 3.87. The number of hydrogen-bond donors (Lipinski definition) is 1. The summed E-state index contributed by atoms with van der Waals surface area (Å²) in [7, 11) is 0. The van der Waals surface area contributed by atoms with Crippen LogP contribution < -0.4 is 0 Å². The van der Waals surface area contributed by atoms with Gasteiger partial charge in [-0.25, -0.2) is 0 Å². The molecule has 3 rings (SSSR count). The van der Waals surface area contributed by atoms with Crippen molar-refractivity contribution in [3.8, 4) is 11.8 Å². The number of benzene rings is 1. The summed E-state index contributed by atoms with van der Waals surface area (Å²) in [6.07, 6.45) is 3.15. The molecule has 0 amide bonds. The third-order valence-corrected chi connectivity index (χ3v) is 6.08. The quantitative estimate of drug-likeness (QED) is 0.701. The molecule has 100 valence electrons. The Kier molecular flexibility index (Phi) is 2.60. The molecular formula is C18H22O. The van der Waals surface area contributed by atoms with Gasteiger partial charge in [0.25, 0.3) is 0 Å². The fourth-order valence-corrected chi connectivity index (χ4v) is 4.16. The molecule has 1 nitrogen and oxygen atoms in total. The molecule has 2 aliphatic rings. The van der Waals surface area contributed by atoms with Crippen LogP contribution in [0.15, 0.2) is 30.3 Å². The Labute approximate surface area is 116 Å². The van der Waals surface area contributed by atoms with E-state index < -0.39 is 5.60 Å². The zero-order valence-electron chi connectivity index (χ0n) is 12.0. The average molecular weight is 254 g/mol. The molecule has 0 saturated heterocycles. The molecule has 19 heavy (non-hydrogen) atoms. The van der Waals surface area contributed by atoms with Crippen LogP contribution in [-0.4, -0.2) is 10.7 Å². The summed E-state index contributed by atoms with van der Waals surface area (Å²) in [6.45, 7) is 6.82. The van der Waals surface area contributed by atoms with E-state index in [0.717, 1.165) is 18.4 Å². The molecule has 1 aromatic carbocycles. The van der Waals surface area contributed by atoms with Crippen molar-refractivity contribution in [1.29, 1.82) is 0 Å². The van der Waals surface area contributed by atoms with Crippen molar-refractivity contribution in [2.24, 2.45) is 16.7 Å². The number of aliphatic hydroxyl groups is 1. The van der Waals surface area contributed by atoms with Gasteiger partial charge in [-0.1, -0.05) is 50.8 Å². The second-order valence-electron chi connectivity index (χ2n) is 6.97. The monoisotopic (exact) mass is 254 g/mol. The van der Waals surface area contributed by atoms with Crippen LogP contribution in [0.1, 0.15) is 45.6 Å². The Hall–Kier alpha value is -1.26. The van der Waals surface area contributed by atoms with E-state index in [2.05, 4.69) is 32.6 Å².